The highest BCUT2D eigenvalue weighted by atomic mass is 16.1. The highest BCUT2D eigenvalue weighted by molar-refractivity contribution is 5.80. The first kappa shape index (κ1) is 21.9. The third kappa shape index (κ3) is 3.55. The summed E-state index contributed by atoms with van der Waals surface area (Å²) >= 11 is 0. The summed E-state index contributed by atoms with van der Waals surface area (Å²) in [5, 5.41) is 0. The molecule has 4 rings (SSSR count). The SMILES string of the molecule is CC(C)CCC[C@@H](C)[C@H]1CC[C@H]2[C@@H]3CC[C@H]4CC(=O)C[C@@H](C)[C@]4(C)[C@H]3CC[C@]12C. The normalized spacial score (nSPS) is 48.2. The predicted molar refractivity (Wildman–Crippen MR) is 123 cm³/mol. The van der Waals surface area contributed by atoms with Gasteiger partial charge >= 0.3 is 0 Å². The van der Waals surface area contributed by atoms with Crippen LogP contribution in [0.5, 0.6) is 0 Å². The van der Waals surface area contributed by atoms with Gasteiger partial charge in [-0.2, -0.15) is 0 Å². The van der Waals surface area contributed by atoms with Crippen LogP contribution in [0.3, 0.4) is 0 Å². The second-order valence-corrected chi connectivity index (χ2v) is 12.9. The van der Waals surface area contributed by atoms with Gasteiger partial charge in [0.05, 0.1) is 0 Å². The molecular weight excluding hydrogens is 352 g/mol. The van der Waals surface area contributed by atoms with E-state index < -0.39 is 0 Å². The third-order valence-corrected chi connectivity index (χ3v) is 11.2. The summed E-state index contributed by atoms with van der Waals surface area (Å²) in [7, 11) is 0. The fraction of sp³-hybridized carbons (Fsp3) is 0.964. The van der Waals surface area contributed by atoms with Crippen molar-refractivity contribution in [1.29, 1.82) is 0 Å². The summed E-state index contributed by atoms with van der Waals surface area (Å²) in [5.41, 5.74) is 1.02. The van der Waals surface area contributed by atoms with Gasteiger partial charge in [-0.15, -0.1) is 0 Å². The molecule has 0 unspecified atom stereocenters. The van der Waals surface area contributed by atoms with Crippen molar-refractivity contribution in [2.75, 3.05) is 0 Å². The number of rotatable bonds is 5. The maximum Gasteiger partial charge on any atom is 0.133 e. The van der Waals surface area contributed by atoms with Crippen molar-refractivity contribution in [1.82, 2.24) is 0 Å². The van der Waals surface area contributed by atoms with Gasteiger partial charge in [0, 0.05) is 12.8 Å². The molecule has 0 spiro atoms. The van der Waals surface area contributed by atoms with Gasteiger partial charge in [-0.25, -0.2) is 0 Å². The first-order valence-corrected chi connectivity index (χ1v) is 13.2. The molecule has 0 bridgehead atoms. The lowest BCUT2D eigenvalue weighted by atomic mass is 9.42. The Balaban J connectivity index is 1.50. The van der Waals surface area contributed by atoms with E-state index in [1.165, 1.54) is 57.8 Å². The maximum atomic E-state index is 12.3. The molecule has 4 fully saturated rings. The van der Waals surface area contributed by atoms with E-state index in [0.717, 1.165) is 48.3 Å². The Hall–Kier alpha value is -0.330. The van der Waals surface area contributed by atoms with Crippen LogP contribution < -0.4 is 0 Å². The van der Waals surface area contributed by atoms with Gasteiger partial charge in [-0.05, 0) is 96.7 Å². The monoisotopic (exact) mass is 400 g/mol. The Bertz CT molecular complexity index is 607. The predicted octanol–water partition coefficient (Wildman–Crippen LogP) is 7.92. The minimum Gasteiger partial charge on any atom is -0.300 e. The van der Waals surface area contributed by atoms with Crippen molar-refractivity contribution in [2.24, 2.45) is 58.2 Å². The van der Waals surface area contributed by atoms with Gasteiger partial charge in [0.25, 0.3) is 0 Å². The van der Waals surface area contributed by atoms with Crippen molar-refractivity contribution < 1.29 is 4.79 Å². The van der Waals surface area contributed by atoms with E-state index in [2.05, 4.69) is 41.5 Å². The van der Waals surface area contributed by atoms with Gasteiger partial charge in [-0.1, -0.05) is 60.8 Å². The molecule has 0 aromatic heterocycles. The maximum absolute atomic E-state index is 12.3. The highest BCUT2D eigenvalue weighted by Crippen LogP contribution is 2.69. The standard InChI is InChI=1S/C28H48O/c1-18(2)8-7-9-19(3)24-12-13-25-23-11-10-21-17-22(29)16-20(4)28(21,6)26(23)14-15-27(24,25)5/h18-21,23-26H,7-17H2,1-6H3/t19-,20-,21+,23+,24-,25+,26+,27-,28+/m1/s1. The Morgan fingerprint density at radius 2 is 1.69 bits per heavy atom. The summed E-state index contributed by atoms with van der Waals surface area (Å²) in [6.07, 6.45) is 14.6. The number of carbonyl (C=O) groups is 1. The van der Waals surface area contributed by atoms with E-state index in [9.17, 15) is 4.79 Å². The van der Waals surface area contributed by atoms with Crippen LogP contribution in [-0.4, -0.2) is 5.78 Å². The molecule has 29 heavy (non-hydrogen) atoms. The largest absolute Gasteiger partial charge is 0.300 e. The molecule has 0 heterocycles. The molecule has 1 nitrogen and oxygen atoms in total. The summed E-state index contributed by atoms with van der Waals surface area (Å²) in [4.78, 5) is 12.3. The lowest BCUT2D eigenvalue weighted by Gasteiger charge is -2.62. The molecule has 4 saturated carbocycles. The number of carbonyl (C=O) groups excluding carboxylic acids is 1. The van der Waals surface area contributed by atoms with E-state index in [-0.39, 0.29) is 0 Å². The Morgan fingerprint density at radius 3 is 2.41 bits per heavy atom. The van der Waals surface area contributed by atoms with Gasteiger partial charge < -0.3 is 0 Å². The van der Waals surface area contributed by atoms with Crippen molar-refractivity contribution in [3.05, 3.63) is 0 Å². The lowest BCUT2D eigenvalue weighted by molar-refractivity contribution is -0.152. The minimum atomic E-state index is 0.430. The van der Waals surface area contributed by atoms with Crippen molar-refractivity contribution >= 4 is 5.78 Å². The number of ketones is 1. The molecule has 1 heteroatoms. The third-order valence-electron chi connectivity index (χ3n) is 11.2. The smallest absolute Gasteiger partial charge is 0.133 e. The second-order valence-electron chi connectivity index (χ2n) is 12.9. The average molecular weight is 401 g/mol. The highest BCUT2D eigenvalue weighted by Gasteiger charge is 2.61. The van der Waals surface area contributed by atoms with Crippen molar-refractivity contribution in [3.8, 4) is 0 Å². The van der Waals surface area contributed by atoms with Crippen LogP contribution in [-0.2, 0) is 4.79 Å². The fourth-order valence-corrected chi connectivity index (χ4v) is 9.50. The zero-order valence-electron chi connectivity index (χ0n) is 20.3. The molecule has 0 saturated heterocycles. The van der Waals surface area contributed by atoms with Crippen LogP contribution in [0.15, 0.2) is 0 Å². The second kappa shape index (κ2) is 7.98. The molecule has 4 aliphatic carbocycles. The number of fused-ring (bicyclic) bond motifs is 5. The Kier molecular flexibility index (Phi) is 6.02. The average Bonchev–Trinajstić information content (AvgIpc) is 3.00. The van der Waals surface area contributed by atoms with E-state index in [4.69, 9.17) is 0 Å². The topological polar surface area (TPSA) is 17.1 Å². The zero-order chi connectivity index (χ0) is 21.0. The van der Waals surface area contributed by atoms with Gasteiger partial charge in [0.2, 0.25) is 0 Å². The molecule has 0 radical (unpaired) electrons. The quantitative estimate of drug-likeness (QED) is 0.458. The molecule has 166 valence electrons. The number of Topliss-reactive ketones (excluding diaryl/α,β-unsaturated/α-hetero) is 1. The van der Waals surface area contributed by atoms with Crippen molar-refractivity contribution in [2.45, 2.75) is 112 Å². The van der Waals surface area contributed by atoms with Crippen LogP contribution >= 0.6 is 0 Å². The van der Waals surface area contributed by atoms with Gasteiger partial charge in [-0.3, -0.25) is 4.79 Å². The van der Waals surface area contributed by atoms with Crippen LogP contribution in [0.25, 0.3) is 0 Å². The first-order valence-electron chi connectivity index (χ1n) is 13.2. The molecule has 0 amide bonds. The molecular formula is C28H48O. The van der Waals surface area contributed by atoms with E-state index in [0.29, 0.717) is 28.4 Å². The van der Waals surface area contributed by atoms with Crippen molar-refractivity contribution in [3.63, 3.8) is 0 Å². The molecule has 0 aromatic carbocycles. The van der Waals surface area contributed by atoms with Gasteiger partial charge in [0.15, 0.2) is 0 Å². The molecule has 0 N–H and O–H groups in total. The number of hydrogen-bond donors (Lipinski definition) is 0. The van der Waals surface area contributed by atoms with Crippen LogP contribution in [0.1, 0.15) is 112 Å². The van der Waals surface area contributed by atoms with Crippen LogP contribution in [0, 0.1) is 58.2 Å². The fourth-order valence-electron chi connectivity index (χ4n) is 9.50. The Labute approximate surface area is 181 Å². The van der Waals surface area contributed by atoms with Gasteiger partial charge in [0.1, 0.15) is 5.78 Å². The van der Waals surface area contributed by atoms with E-state index in [1.807, 2.05) is 0 Å². The van der Waals surface area contributed by atoms with Crippen LogP contribution in [0.4, 0.5) is 0 Å². The molecule has 0 aromatic rings. The summed E-state index contributed by atoms with van der Waals surface area (Å²) in [5.74, 6) is 7.32. The summed E-state index contributed by atoms with van der Waals surface area (Å²) in [6.45, 7) is 15.0. The van der Waals surface area contributed by atoms with E-state index in [1.54, 1.807) is 0 Å². The Morgan fingerprint density at radius 1 is 0.931 bits per heavy atom. The van der Waals surface area contributed by atoms with Crippen LogP contribution in [0.2, 0.25) is 0 Å². The zero-order valence-corrected chi connectivity index (χ0v) is 20.3. The summed E-state index contributed by atoms with van der Waals surface area (Å²) in [6, 6.07) is 0. The summed E-state index contributed by atoms with van der Waals surface area (Å²) < 4.78 is 0. The van der Waals surface area contributed by atoms with E-state index >= 15 is 0 Å². The lowest BCUT2D eigenvalue weighted by Crippen LogP contribution is -2.56. The first-order chi connectivity index (χ1) is 13.7. The minimum absolute atomic E-state index is 0.430. The molecule has 9 atom stereocenters. The number of hydrogen-bond acceptors (Lipinski definition) is 1. The molecule has 0 aliphatic heterocycles. The molecule has 4 aliphatic rings.